The Kier molecular flexibility index (Phi) is 2.60. The molecule has 4 heterocycles. The van der Waals surface area contributed by atoms with Crippen LogP contribution in [-0.4, -0.2) is 52.7 Å². The number of rotatable bonds is 1. The topological polar surface area (TPSA) is 54.3 Å². The van der Waals surface area contributed by atoms with Gasteiger partial charge in [0.05, 0.1) is 31.6 Å². The summed E-state index contributed by atoms with van der Waals surface area (Å²) in [7, 11) is 0. The second-order valence-electron chi connectivity index (χ2n) is 5.34. The number of carbonyl (C=O) groups excluding carboxylic acids is 1. The van der Waals surface area contributed by atoms with Crippen LogP contribution < -0.4 is 0 Å². The first-order valence-corrected chi connectivity index (χ1v) is 7.01. The molecule has 0 aromatic carbocycles. The van der Waals surface area contributed by atoms with Crippen molar-refractivity contribution < 1.29 is 13.5 Å². The van der Waals surface area contributed by atoms with Gasteiger partial charge in [-0.25, -0.2) is 0 Å². The predicted molar refractivity (Wildman–Crippen MR) is 73.7 cm³/mol. The summed E-state index contributed by atoms with van der Waals surface area (Å²) in [5.41, 5.74) is 1.57. The van der Waals surface area contributed by atoms with Crippen LogP contribution in [0, 0.1) is 0 Å². The normalized spacial score (nSPS) is 38.6. The molecule has 3 atom stereocenters. The maximum atomic E-state index is 11.9. The van der Waals surface area contributed by atoms with Crippen molar-refractivity contribution in [3.8, 4) is 0 Å². The van der Waals surface area contributed by atoms with E-state index in [1.54, 1.807) is 25.0 Å². The number of hydrogen-bond acceptors (Lipinski definition) is 4. The van der Waals surface area contributed by atoms with E-state index in [1.807, 2.05) is 4.90 Å². The Morgan fingerprint density at radius 3 is 3.30 bits per heavy atom. The van der Waals surface area contributed by atoms with Crippen molar-refractivity contribution in [3.05, 3.63) is 23.8 Å². The number of amides is 1. The highest BCUT2D eigenvalue weighted by molar-refractivity contribution is 6.14. The van der Waals surface area contributed by atoms with Gasteiger partial charge in [0.1, 0.15) is 18.0 Å². The summed E-state index contributed by atoms with van der Waals surface area (Å²) in [4.78, 5) is 22.3. The average molecular weight is 294 g/mol. The van der Waals surface area contributed by atoms with Crippen LogP contribution in [0.2, 0.25) is 0 Å². The first kappa shape index (κ1) is 12.3. The third kappa shape index (κ3) is 1.69. The van der Waals surface area contributed by atoms with E-state index >= 15 is 0 Å². The van der Waals surface area contributed by atoms with E-state index in [9.17, 15) is 4.79 Å². The standard InChI is InChI=1S/C13H14ClN4O2/c14-18-4-3-15-5-10(18)13(16-8-18)11-6-17-9(7-20-11)1-2-12(17)19/h3-5,8-9,11H,1-2,6-7H2/q+1/t9-,11-,18?/m1/s1. The van der Waals surface area contributed by atoms with Gasteiger partial charge in [0.15, 0.2) is 11.8 Å². The fourth-order valence-corrected chi connectivity index (χ4v) is 3.29. The first-order valence-electron chi connectivity index (χ1n) is 6.67. The van der Waals surface area contributed by atoms with Gasteiger partial charge in [0.25, 0.3) is 0 Å². The quantitative estimate of drug-likeness (QED) is 0.681. The molecule has 0 saturated carbocycles. The van der Waals surface area contributed by atoms with Gasteiger partial charge in [-0.15, -0.1) is 4.00 Å². The summed E-state index contributed by atoms with van der Waals surface area (Å²) in [6.45, 7) is 1.12. The highest BCUT2D eigenvalue weighted by Gasteiger charge is 2.44. The van der Waals surface area contributed by atoms with Gasteiger partial charge < -0.3 is 9.64 Å². The van der Waals surface area contributed by atoms with Gasteiger partial charge in [0, 0.05) is 6.42 Å². The molecular formula is C13H14ClN4O2+. The second kappa shape index (κ2) is 4.25. The SMILES string of the molecule is O=C1CC[C@@H]2CO[C@@H](C3=C4C=NC=C[N+]4(Cl)C=N3)CN12. The van der Waals surface area contributed by atoms with Gasteiger partial charge in [-0.1, -0.05) is 0 Å². The smallest absolute Gasteiger partial charge is 0.223 e. The van der Waals surface area contributed by atoms with Crippen molar-refractivity contribution >= 4 is 30.2 Å². The number of allylic oxidation sites excluding steroid dienone is 1. The minimum absolute atomic E-state index is 0.00390. The lowest BCUT2D eigenvalue weighted by Crippen LogP contribution is -2.48. The van der Waals surface area contributed by atoms with E-state index in [0.717, 1.165) is 17.8 Å². The Balaban J connectivity index is 1.64. The van der Waals surface area contributed by atoms with Crippen LogP contribution in [0.3, 0.4) is 0 Å². The molecule has 20 heavy (non-hydrogen) atoms. The fourth-order valence-electron chi connectivity index (χ4n) is 3.06. The van der Waals surface area contributed by atoms with Gasteiger partial charge in [-0.2, -0.15) is 4.99 Å². The second-order valence-corrected chi connectivity index (χ2v) is 5.90. The van der Waals surface area contributed by atoms with Crippen LogP contribution in [0.25, 0.3) is 0 Å². The summed E-state index contributed by atoms with van der Waals surface area (Å²) >= 11 is 6.44. The Morgan fingerprint density at radius 1 is 1.50 bits per heavy atom. The minimum atomic E-state index is -0.226. The van der Waals surface area contributed by atoms with Gasteiger partial charge in [-0.05, 0) is 6.42 Å². The molecule has 0 aromatic heterocycles. The number of carbonyl (C=O) groups is 1. The summed E-state index contributed by atoms with van der Waals surface area (Å²) in [6.07, 6.45) is 8.03. The number of nitrogens with zero attached hydrogens (tertiary/aromatic N) is 4. The zero-order valence-corrected chi connectivity index (χ0v) is 11.5. The molecule has 0 aromatic rings. The predicted octanol–water partition coefficient (Wildman–Crippen LogP) is 1.16. The molecule has 1 unspecified atom stereocenters. The van der Waals surface area contributed by atoms with Crippen LogP contribution in [0.5, 0.6) is 0 Å². The molecule has 1 amide bonds. The van der Waals surface area contributed by atoms with Crippen LogP contribution in [-0.2, 0) is 9.53 Å². The zero-order valence-electron chi connectivity index (χ0n) is 10.8. The van der Waals surface area contributed by atoms with Crippen LogP contribution in [0.15, 0.2) is 33.8 Å². The molecule has 6 nitrogen and oxygen atoms in total. The van der Waals surface area contributed by atoms with E-state index in [1.165, 1.54) is 0 Å². The van der Waals surface area contributed by atoms with Crippen LogP contribution >= 0.6 is 11.8 Å². The highest BCUT2D eigenvalue weighted by Crippen LogP contribution is 2.35. The molecule has 2 saturated heterocycles. The largest absolute Gasteiger partial charge is 0.368 e. The molecule has 104 valence electrons. The summed E-state index contributed by atoms with van der Waals surface area (Å²) in [6, 6.07) is 0.227. The van der Waals surface area contributed by atoms with Crippen molar-refractivity contribution in [1.29, 1.82) is 0 Å². The van der Waals surface area contributed by atoms with Gasteiger partial charge in [-0.3, -0.25) is 9.79 Å². The number of quaternary nitrogens is 1. The molecule has 4 aliphatic rings. The Bertz CT molecular complexity index is 597. The fraction of sp³-hybridized carbons (Fsp3) is 0.462. The number of aliphatic imine (C=N–C) groups is 2. The van der Waals surface area contributed by atoms with Crippen molar-refractivity contribution in [3.63, 3.8) is 0 Å². The number of hydrogen-bond donors (Lipinski definition) is 0. The zero-order chi connectivity index (χ0) is 13.7. The first-order chi connectivity index (χ1) is 9.67. The summed E-state index contributed by atoms with van der Waals surface area (Å²) in [5.74, 6) is 0.208. The third-order valence-electron chi connectivity index (χ3n) is 4.17. The highest BCUT2D eigenvalue weighted by atomic mass is 35.5. The van der Waals surface area contributed by atoms with Crippen LogP contribution in [0.1, 0.15) is 12.8 Å². The molecule has 4 rings (SSSR count). The molecule has 0 radical (unpaired) electrons. The maximum Gasteiger partial charge on any atom is 0.223 e. The lowest BCUT2D eigenvalue weighted by Gasteiger charge is -2.35. The average Bonchev–Trinajstić information content (AvgIpc) is 2.99. The van der Waals surface area contributed by atoms with E-state index in [4.69, 9.17) is 16.5 Å². The lowest BCUT2D eigenvalue weighted by molar-refractivity contribution is -0.592. The van der Waals surface area contributed by atoms with E-state index in [-0.39, 0.29) is 22.1 Å². The Hall–Kier alpha value is -1.50. The number of fused-ring (bicyclic) bond motifs is 2. The van der Waals surface area contributed by atoms with Crippen molar-refractivity contribution in [2.45, 2.75) is 25.0 Å². The number of morpholine rings is 1. The van der Waals surface area contributed by atoms with Gasteiger partial charge >= 0.3 is 0 Å². The van der Waals surface area contributed by atoms with Crippen molar-refractivity contribution in [2.75, 3.05) is 13.2 Å². The Morgan fingerprint density at radius 2 is 2.40 bits per heavy atom. The van der Waals surface area contributed by atoms with E-state index < -0.39 is 0 Å². The van der Waals surface area contributed by atoms with E-state index in [0.29, 0.717) is 19.6 Å². The minimum Gasteiger partial charge on any atom is -0.368 e. The van der Waals surface area contributed by atoms with Crippen molar-refractivity contribution in [1.82, 2.24) is 4.90 Å². The third-order valence-corrected chi connectivity index (χ3v) is 4.55. The van der Waals surface area contributed by atoms with Crippen molar-refractivity contribution in [2.24, 2.45) is 9.98 Å². The molecule has 2 fully saturated rings. The Labute approximate surface area is 121 Å². The monoisotopic (exact) mass is 293 g/mol. The number of halogens is 1. The lowest BCUT2D eigenvalue weighted by atomic mass is 10.1. The molecule has 0 aliphatic carbocycles. The molecule has 0 spiro atoms. The number of ether oxygens (including phenoxy) is 1. The summed E-state index contributed by atoms with van der Waals surface area (Å²) < 4.78 is 5.89. The molecule has 0 N–H and O–H groups in total. The molecule has 0 bridgehead atoms. The van der Waals surface area contributed by atoms with E-state index in [2.05, 4.69) is 9.98 Å². The molecule has 7 heteroatoms. The summed E-state index contributed by atoms with van der Waals surface area (Å²) in [5, 5.41) is 0. The van der Waals surface area contributed by atoms with Crippen LogP contribution in [0.4, 0.5) is 0 Å². The van der Waals surface area contributed by atoms with Gasteiger partial charge in [0.2, 0.25) is 17.9 Å². The molecule has 4 aliphatic heterocycles. The molecular weight excluding hydrogens is 280 g/mol. The maximum absolute atomic E-state index is 11.9.